The normalized spacial score (nSPS) is 16.2. The van der Waals surface area contributed by atoms with Crippen molar-refractivity contribution in [2.75, 3.05) is 38.2 Å². The molecule has 9 heteroatoms. The van der Waals surface area contributed by atoms with Gasteiger partial charge in [0.15, 0.2) is 5.58 Å². The molecule has 1 aliphatic rings. The average molecular weight is 386 g/mol. The molecule has 4 rings (SSSR count). The lowest BCUT2D eigenvalue weighted by atomic mass is 10.1. The van der Waals surface area contributed by atoms with Crippen LogP contribution in [-0.2, 0) is 4.74 Å². The summed E-state index contributed by atoms with van der Waals surface area (Å²) in [7, 11) is 0. The minimum atomic E-state index is -0.529. The maximum atomic E-state index is 12.4. The number of nitrogens with one attached hydrogen (secondary N) is 3. The van der Waals surface area contributed by atoms with E-state index in [0.29, 0.717) is 36.5 Å². The molecular formula is C19H22N4O5. The number of aromatic amines is 1. The van der Waals surface area contributed by atoms with Gasteiger partial charge in [-0.15, -0.1) is 0 Å². The van der Waals surface area contributed by atoms with Crippen LogP contribution in [0, 0.1) is 6.92 Å². The highest BCUT2D eigenvalue weighted by atomic mass is 16.5. The van der Waals surface area contributed by atoms with Gasteiger partial charge in [-0.1, -0.05) is 0 Å². The number of H-pyrrole nitrogens is 1. The van der Waals surface area contributed by atoms with Crippen LogP contribution >= 0.6 is 0 Å². The number of hydrogen-bond donors (Lipinski definition) is 3. The number of rotatable bonds is 5. The van der Waals surface area contributed by atoms with Gasteiger partial charge < -0.3 is 24.2 Å². The van der Waals surface area contributed by atoms with Crippen LogP contribution in [0.25, 0.3) is 11.1 Å². The van der Waals surface area contributed by atoms with Gasteiger partial charge in [0.25, 0.3) is 0 Å². The Morgan fingerprint density at radius 1 is 1.21 bits per heavy atom. The second-order valence-electron chi connectivity index (χ2n) is 6.67. The molecule has 1 fully saturated rings. The van der Waals surface area contributed by atoms with Gasteiger partial charge in [-0.3, -0.25) is 9.88 Å². The zero-order chi connectivity index (χ0) is 19.5. The molecule has 0 saturated carbocycles. The zero-order valence-corrected chi connectivity index (χ0v) is 15.5. The summed E-state index contributed by atoms with van der Waals surface area (Å²) in [4.78, 5) is 28.4. The molecule has 3 aromatic rings. The SMILES string of the molecule is Cc1ccc([C@H](CNC(=O)Nc2ccc3[nH]c(=O)oc3c2)N2CCOCC2)o1. The molecule has 0 spiro atoms. The van der Waals surface area contributed by atoms with Crippen molar-refractivity contribution in [2.45, 2.75) is 13.0 Å². The number of benzene rings is 1. The Balaban J connectivity index is 1.41. The maximum Gasteiger partial charge on any atom is 0.417 e. The summed E-state index contributed by atoms with van der Waals surface area (Å²) in [5, 5.41) is 5.66. The van der Waals surface area contributed by atoms with Crippen LogP contribution < -0.4 is 16.4 Å². The molecule has 148 valence electrons. The number of amides is 2. The highest BCUT2D eigenvalue weighted by molar-refractivity contribution is 5.91. The van der Waals surface area contributed by atoms with Gasteiger partial charge in [0, 0.05) is 31.4 Å². The smallest absolute Gasteiger partial charge is 0.417 e. The molecule has 0 radical (unpaired) electrons. The van der Waals surface area contributed by atoms with Crippen LogP contribution in [0.2, 0.25) is 0 Å². The maximum absolute atomic E-state index is 12.4. The molecular weight excluding hydrogens is 364 g/mol. The zero-order valence-electron chi connectivity index (χ0n) is 15.5. The summed E-state index contributed by atoms with van der Waals surface area (Å²) in [6, 6.07) is 8.41. The van der Waals surface area contributed by atoms with Crippen LogP contribution in [0.15, 0.2) is 44.0 Å². The van der Waals surface area contributed by atoms with E-state index < -0.39 is 5.76 Å². The number of aryl methyl sites for hydroxylation is 1. The fourth-order valence-electron chi connectivity index (χ4n) is 3.32. The molecule has 9 nitrogen and oxygen atoms in total. The van der Waals surface area contributed by atoms with E-state index in [0.717, 1.165) is 24.6 Å². The van der Waals surface area contributed by atoms with Gasteiger partial charge in [-0.05, 0) is 31.2 Å². The van der Waals surface area contributed by atoms with Gasteiger partial charge in [0.1, 0.15) is 11.5 Å². The monoisotopic (exact) mass is 386 g/mol. The van der Waals surface area contributed by atoms with Crippen LogP contribution in [0.3, 0.4) is 0 Å². The van der Waals surface area contributed by atoms with Crippen molar-refractivity contribution < 1.29 is 18.4 Å². The Kier molecular flexibility index (Phi) is 5.18. The summed E-state index contributed by atoms with van der Waals surface area (Å²) < 4.78 is 16.2. The third-order valence-electron chi connectivity index (χ3n) is 4.71. The van der Waals surface area contributed by atoms with Gasteiger partial charge in [-0.2, -0.15) is 0 Å². The summed E-state index contributed by atoms with van der Waals surface area (Å²) in [5.41, 5.74) is 1.50. The first-order chi connectivity index (χ1) is 13.6. The number of fused-ring (bicyclic) bond motifs is 1. The molecule has 1 atom stereocenters. The van der Waals surface area contributed by atoms with Gasteiger partial charge in [0.05, 0.1) is 24.8 Å². The van der Waals surface area contributed by atoms with E-state index in [4.69, 9.17) is 13.6 Å². The van der Waals surface area contributed by atoms with E-state index in [1.54, 1.807) is 18.2 Å². The number of nitrogens with zero attached hydrogens (tertiary/aromatic N) is 1. The van der Waals surface area contributed by atoms with Crippen molar-refractivity contribution >= 4 is 22.8 Å². The summed E-state index contributed by atoms with van der Waals surface area (Å²) >= 11 is 0. The second-order valence-corrected chi connectivity index (χ2v) is 6.67. The predicted molar refractivity (Wildman–Crippen MR) is 102 cm³/mol. The molecule has 1 saturated heterocycles. The number of urea groups is 1. The van der Waals surface area contributed by atoms with Gasteiger partial charge in [0.2, 0.25) is 0 Å². The molecule has 28 heavy (non-hydrogen) atoms. The number of oxazole rings is 1. The molecule has 0 bridgehead atoms. The standard InChI is InChI=1S/C19H22N4O5/c1-12-2-5-16(27-12)15(23-6-8-26-9-7-23)11-20-18(24)21-13-3-4-14-17(10-13)28-19(25)22-14/h2-5,10,15H,6-9,11H2,1H3,(H,22,25)(H2,20,21,24)/t15-/m0/s1. The first-order valence-electron chi connectivity index (χ1n) is 9.14. The molecule has 2 aromatic heterocycles. The van der Waals surface area contributed by atoms with Gasteiger partial charge >= 0.3 is 11.8 Å². The summed E-state index contributed by atoms with van der Waals surface area (Å²) in [5.74, 6) is 1.12. The van der Waals surface area contributed by atoms with E-state index >= 15 is 0 Å². The Hall–Kier alpha value is -3.04. The number of aromatic nitrogens is 1. The number of morpholine rings is 1. The number of carbonyl (C=O) groups excluding carboxylic acids is 1. The van der Waals surface area contributed by atoms with E-state index in [-0.39, 0.29) is 12.1 Å². The Morgan fingerprint density at radius 2 is 2.04 bits per heavy atom. The minimum absolute atomic E-state index is 0.0754. The van der Waals surface area contributed by atoms with Crippen molar-refractivity contribution in [1.82, 2.24) is 15.2 Å². The Labute approximate surface area is 160 Å². The fraction of sp³-hybridized carbons (Fsp3) is 0.368. The first kappa shape index (κ1) is 18.3. The molecule has 3 heterocycles. The fourth-order valence-corrected chi connectivity index (χ4v) is 3.32. The summed E-state index contributed by atoms with van der Waals surface area (Å²) in [6.07, 6.45) is 0. The molecule has 1 aromatic carbocycles. The number of carbonyl (C=O) groups is 1. The van der Waals surface area contributed by atoms with Crippen molar-refractivity contribution in [1.29, 1.82) is 0 Å². The third-order valence-corrected chi connectivity index (χ3v) is 4.71. The van der Waals surface area contributed by atoms with E-state index in [2.05, 4.69) is 20.5 Å². The van der Waals surface area contributed by atoms with Crippen LogP contribution in [-0.4, -0.2) is 48.8 Å². The van der Waals surface area contributed by atoms with Crippen molar-refractivity contribution in [3.05, 3.63) is 52.4 Å². The van der Waals surface area contributed by atoms with E-state index in [1.165, 1.54) is 0 Å². The lowest BCUT2D eigenvalue weighted by molar-refractivity contribution is 0.0122. The minimum Gasteiger partial charge on any atom is -0.465 e. The Morgan fingerprint density at radius 3 is 2.79 bits per heavy atom. The molecule has 3 N–H and O–H groups in total. The van der Waals surface area contributed by atoms with Crippen LogP contribution in [0.5, 0.6) is 0 Å². The highest BCUT2D eigenvalue weighted by Crippen LogP contribution is 2.23. The topological polar surface area (TPSA) is 113 Å². The quantitative estimate of drug-likeness (QED) is 0.620. The number of anilines is 1. The number of furan rings is 1. The van der Waals surface area contributed by atoms with Crippen molar-refractivity contribution in [3.8, 4) is 0 Å². The lowest BCUT2D eigenvalue weighted by Gasteiger charge is -2.33. The van der Waals surface area contributed by atoms with E-state index in [1.807, 2.05) is 19.1 Å². The third kappa shape index (κ3) is 4.10. The summed E-state index contributed by atoms with van der Waals surface area (Å²) in [6.45, 7) is 5.15. The van der Waals surface area contributed by atoms with Gasteiger partial charge in [-0.25, -0.2) is 9.59 Å². The molecule has 0 unspecified atom stereocenters. The average Bonchev–Trinajstić information content (AvgIpc) is 3.27. The van der Waals surface area contributed by atoms with Crippen LogP contribution in [0.4, 0.5) is 10.5 Å². The Bertz CT molecular complexity index is 1010. The molecule has 1 aliphatic heterocycles. The van der Waals surface area contributed by atoms with Crippen molar-refractivity contribution in [2.24, 2.45) is 0 Å². The van der Waals surface area contributed by atoms with Crippen molar-refractivity contribution in [3.63, 3.8) is 0 Å². The largest absolute Gasteiger partial charge is 0.465 e. The van der Waals surface area contributed by atoms with E-state index in [9.17, 15) is 9.59 Å². The lowest BCUT2D eigenvalue weighted by Crippen LogP contribution is -2.44. The first-order valence-corrected chi connectivity index (χ1v) is 9.14. The number of hydrogen-bond acceptors (Lipinski definition) is 6. The number of ether oxygens (including phenoxy) is 1. The molecule has 0 aliphatic carbocycles. The molecule has 2 amide bonds. The second kappa shape index (κ2) is 7.91. The predicted octanol–water partition coefficient (Wildman–Crippen LogP) is 2.22. The highest BCUT2D eigenvalue weighted by Gasteiger charge is 2.25. The van der Waals surface area contributed by atoms with Crippen LogP contribution in [0.1, 0.15) is 17.6 Å².